The third kappa shape index (κ3) is 1.39. The van der Waals surface area contributed by atoms with E-state index < -0.39 is 11.6 Å². The van der Waals surface area contributed by atoms with E-state index in [4.69, 9.17) is 4.42 Å². The molecule has 0 saturated heterocycles. The van der Waals surface area contributed by atoms with Crippen LogP contribution in [0.1, 0.15) is 0 Å². The predicted molar refractivity (Wildman–Crippen MR) is 47.6 cm³/mol. The lowest BCUT2D eigenvalue weighted by Crippen LogP contribution is -1.99. The van der Waals surface area contributed by atoms with Gasteiger partial charge >= 0.3 is 0 Å². The molecular formula is C10H7F2NO. The highest BCUT2D eigenvalue weighted by molar-refractivity contribution is 5.76. The summed E-state index contributed by atoms with van der Waals surface area (Å²) < 4.78 is 31.1. The Morgan fingerprint density at radius 1 is 1.21 bits per heavy atom. The van der Waals surface area contributed by atoms with E-state index in [1.807, 2.05) is 0 Å². The molecule has 2 nitrogen and oxygen atoms in total. The van der Waals surface area contributed by atoms with Gasteiger partial charge in [-0.15, -0.1) is 0 Å². The molecular weight excluding hydrogens is 188 g/mol. The quantitative estimate of drug-likeness (QED) is 0.632. The Morgan fingerprint density at radius 2 is 2.00 bits per heavy atom. The van der Waals surface area contributed by atoms with E-state index in [9.17, 15) is 8.78 Å². The number of fused-ring (bicyclic) bond motifs is 1. The Labute approximate surface area is 78.5 Å². The van der Waals surface area contributed by atoms with Gasteiger partial charge in [-0.05, 0) is 12.1 Å². The fraction of sp³-hybridized carbons (Fsp3) is 0.100. The van der Waals surface area contributed by atoms with E-state index >= 15 is 0 Å². The van der Waals surface area contributed by atoms with Crippen molar-refractivity contribution in [1.29, 1.82) is 0 Å². The zero-order chi connectivity index (χ0) is 10.1. The van der Waals surface area contributed by atoms with Crippen LogP contribution in [0.3, 0.4) is 0 Å². The number of benzene rings is 1. The van der Waals surface area contributed by atoms with Gasteiger partial charge in [0.1, 0.15) is 5.82 Å². The van der Waals surface area contributed by atoms with Crippen LogP contribution in [-0.2, 0) is 0 Å². The first-order chi connectivity index (χ1) is 6.70. The highest BCUT2D eigenvalue weighted by Crippen LogP contribution is 2.17. The second-order valence-electron chi connectivity index (χ2n) is 2.80. The Kier molecular flexibility index (Phi) is 2.04. The minimum atomic E-state index is -0.717. The lowest BCUT2D eigenvalue weighted by Gasteiger charge is -1.98. The average molecular weight is 195 g/mol. The number of hydrogen-bond donors (Lipinski definition) is 0. The average Bonchev–Trinajstić information content (AvgIpc) is 2.17. The third-order valence-corrected chi connectivity index (χ3v) is 1.87. The van der Waals surface area contributed by atoms with Crippen LogP contribution in [0.4, 0.5) is 8.78 Å². The molecule has 0 aliphatic carbocycles. The van der Waals surface area contributed by atoms with E-state index in [1.54, 1.807) is 12.1 Å². The van der Waals surface area contributed by atoms with Crippen LogP contribution < -0.4 is 5.55 Å². The van der Waals surface area contributed by atoms with Crippen LogP contribution in [0.25, 0.3) is 11.0 Å². The fourth-order valence-electron chi connectivity index (χ4n) is 1.23. The molecule has 2 aromatic rings. The van der Waals surface area contributed by atoms with Gasteiger partial charge in [0.2, 0.25) is 5.55 Å². The largest absolute Gasteiger partial charge is 0.436 e. The highest BCUT2D eigenvalue weighted by atomic mass is 19.1. The van der Waals surface area contributed by atoms with E-state index in [0.29, 0.717) is 10.9 Å². The van der Waals surface area contributed by atoms with E-state index in [0.717, 1.165) is 6.07 Å². The Balaban J connectivity index is 2.89. The van der Waals surface area contributed by atoms with Gasteiger partial charge in [0.25, 0.3) is 0 Å². The maximum Gasteiger partial charge on any atom is 0.214 e. The van der Waals surface area contributed by atoms with Crippen molar-refractivity contribution in [3.8, 4) is 0 Å². The smallest absolute Gasteiger partial charge is 0.214 e. The molecule has 0 saturated carbocycles. The second-order valence-corrected chi connectivity index (χ2v) is 2.80. The second kappa shape index (κ2) is 3.21. The first kappa shape index (κ1) is 8.87. The number of halogens is 2. The lowest BCUT2D eigenvalue weighted by atomic mass is 10.2. The molecule has 0 aliphatic rings. The molecule has 14 heavy (non-hydrogen) atoms. The zero-order valence-electron chi connectivity index (χ0n) is 7.42. The third-order valence-electron chi connectivity index (χ3n) is 1.87. The molecule has 2 rings (SSSR count). The van der Waals surface area contributed by atoms with Crippen LogP contribution in [0.2, 0.25) is 0 Å². The maximum atomic E-state index is 13.2. The van der Waals surface area contributed by atoms with E-state index in [2.05, 4.69) is 4.99 Å². The molecule has 0 bridgehead atoms. The minimum absolute atomic E-state index is 0.0227. The molecule has 0 fully saturated rings. The van der Waals surface area contributed by atoms with Crippen molar-refractivity contribution in [2.45, 2.75) is 0 Å². The molecule has 0 aliphatic heterocycles. The SMILES string of the molecule is CN=c1ccc2cc(F)cc(F)c2o1. The summed E-state index contributed by atoms with van der Waals surface area (Å²) in [5.74, 6) is -1.34. The van der Waals surface area contributed by atoms with Crippen LogP contribution >= 0.6 is 0 Å². The Bertz CT molecular complexity index is 545. The monoisotopic (exact) mass is 195 g/mol. The molecule has 0 unspecified atom stereocenters. The van der Waals surface area contributed by atoms with E-state index in [-0.39, 0.29) is 5.58 Å². The Morgan fingerprint density at radius 3 is 2.71 bits per heavy atom. The van der Waals surface area contributed by atoms with Gasteiger partial charge in [0.15, 0.2) is 11.4 Å². The lowest BCUT2D eigenvalue weighted by molar-refractivity contribution is 0.504. The first-order valence-corrected chi connectivity index (χ1v) is 4.02. The van der Waals surface area contributed by atoms with Crippen LogP contribution in [0.15, 0.2) is 33.7 Å². The topological polar surface area (TPSA) is 25.5 Å². The molecule has 0 amide bonds. The highest BCUT2D eigenvalue weighted by Gasteiger charge is 2.05. The van der Waals surface area contributed by atoms with Gasteiger partial charge in [-0.3, -0.25) is 4.99 Å². The number of hydrogen-bond acceptors (Lipinski definition) is 2. The van der Waals surface area contributed by atoms with Gasteiger partial charge in [-0.1, -0.05) is 0 Å². The summed E-state index contributed by atoms with van der Waals surface area (Å²) in [7, 11) is 1.53. The number of nitrogens with zero attached hydrogens (tertiary/aromatic N) is 1. The van der Waals surface area contributed by atoms with Crippen molar-refractivity contribution in [3.05, 3.63) is 41.5 Å². The predicted octanol–water partition coefficient (Wildman–Crippen LogP) is 2.24. The zero-order valence-corrected chi connectivity index (χ0v) is 7.42. The molecule has 1 aromatic heterocycles. The van der Waals surface area contributed by atoms with Crippen LogP contribution in [0.5, 0.6) is 0 Å². The molecule has 72 valence electrons. The van der Waals surface area contributed by atoms with Gasteiger partial charge in [-0.2, -0.15) is 0 Å². The first-order valence-electron chi connectivity index (χ1n) is 4.02. The van der Waals surface area contributed by atoms with Crippen molar-refractivity contribution in [3.63, 3.8) is 0 Å². The summed E-state index contributed by atoms with van der Waals surface area (Å²) in [5.41, 5.74) is 0.331. The van der Waals surface area contributed by atoms with E-state index in [1.165, 1.54) is 13.1 Å². The molecule has 4 heteroatoms. The van der Waals surface area contributed by atoms with Gasteiger partial charge in [-0.25, -0.2) is 8.78 Å². The Hall–Kier alpha value is -1.71. The summed E-state index contributed by atoms with van der Waals surface area (Å²) in [6.45, 7) is 0. The molecule has 0 N–H and O–H groups in total. The minimum Gasteiger partial charge on any atom is -0.436 e. The summed E-state index contributed by atoms with van der Waals surface area (Å²) in [5, 5.41) is 0.384. The summed E-state index contributed by atoms with van der Waals surface area (Å²) in [4.78, 5) is 3.76. The summed E-state index contributed by atoms with van der Waals surface area (Å²) >= 11 is 0. The maximum absolute atomic E-state index is 13.2. The van der Waals surface area contributed by atoms with Crippen molar-refractivity contribution in [2.75, 3.05) is 7.05 Å². The van der Waals surface area contributed by atoms with Crippen LogP contribution in [0, 0.1) is 11.6 Å². The summed E-state index contributed by atoms with van der Waals surface area (Å²) in [6, 6.07) is 5.11. The van der Waals surface area contributed by atoms with Crippen molar-refractivity contribution < 1.29 is 13.2 Å². The summed E-state index contributed by atoms with van der Waals surface area (Å²) in [6.07, 6.45) is 0. The molecule has 0 spiro atoms. The normalized spacial score (nSPS) is 12.4. The van der Waals surface area contributed by atoms with Crippen molar-refractivity contribution in [2.24, 2.45) is 4.99 Å². The van der Waals surface area contributed by atoms with Gasteiger partial charge < -0.3 is 4.42 Å². The van der Waals surface area contributed by atoms with Gasteiger partial charge in [0.05, 0.1) is 0 Å². The van der Waals surface area contributed by atoms with Crippen molar-refractivity contribution >= 4 is 11.0 Å². The number of rotatable bonds is 0. The molecule has 1 aromatic carbocycles. The van der Waals surface area contributed by atoms with Crippen molar-refractivity contribution in [1.82, 2.24) is 0 Å². The standard InChI is InChI=1S/C10H7F2NO/c1-13-9-3-2-6-4-7(11)5-8(12)10(6)14-9/h2-5H,1H3. The molecule has 1 heterocycles. The van der Waals surface area contributed by atoms with Gasteiger partial charge in [0, 0.05) is 24.6 Å². The molecule has 0 atom stereocenters. The van der Waals surface area contributed by atoms with Crippen LogP contribution in [-0.4, -0.2) is 7.05 Å². The fourth-order valence-corrected chi connectivity index (χ4v) is 1.23. The molecule has 0 radical (unpaired) electrons.